The summed E-state index contributed by atoms with van der Waals surface area (Å²) in [5.41, 5.74) is 2.35. The molecule has 0 aliphatic heterocycles. The normalized spacial score (nSPS) is 11.5. The first-order chi connectivity index (χ1) is 12.2. The number of aromatic nitrogens is 4. The molecule has 0 aliphatic carbocycles. The van der Waals surface area contributed by atoms with Crippen LogP contribution in [0.5, 0.6) is 0 Å². The number of nitrogens with zero attached hydrogens (tertiary/aromatic N) is 4. The van der Waals surface area contributed by atoms with Crippen molar-refractivity contribution >= 4 is 27.5 Å². The van der Waals surface area contributed by atoms with Crippen molar-refractivity contribution in [3.8, 4) is 0 Å². The Labute approximate surface area is 150 Å². The Balaban J connectivity index is 2.09. The number of nitrogens with one attached hydrogen (secondary N) is 1. The number of carbonyl (C=O) groups is 1. The molecule has 3 rings (SSSR count). The lowest BCUT2D eigenvalue weighted by Crippen LogP contribution is -2.19. The zero-order valence-corrected chi connectivity index (χ0v) is 15.5. The third-order valence-corrected chi connectivity index (χ3v) is 5.07. The van der Waals surface area contributed by atoms with Gasteiger partial charge in [-0.05, 0) is 44.0 Å². The summed E-state index contributed by atoms with van der Waals surface area (Å²) in [5.74, 6) is -0.481. The highest BCUT2D eigenvalue weighted by Crippen LogP contribution is 2.27. The molecule has 26 heavy (non-hydrogen) atoms. The van der Waals surface area contributed by atoms with E-state index in [1.54, 1.807) is 32.2 Å². The van der Waals surface area contributed by atoms with Crippen molar-refractivity contribution in [2.75, 3.05) is 11.8 Å². The number of fused-ring (bicyclic) bond motifs is 1. The molecule has 3 aromatic rings. The van der Waals surface area contributed by atoms with Gasteiger partial charge < -0.3 is 4.74 Å². The van der Waals surface area contributed by atoms with Gasteiger partial charge in [0.15, 0.2) is 0 Å². The minimum absolute atomic E-state index is 0.108. The maximum absolute atomic E-state index is 12.8. The predicted octanol–water partition coefficient (Wildman–Crippen LogP) is 1.64. The highest BCUT2D eigenvalue weighted by Gasteiger charge is 2.25. The van der Waals surface area contributed by atoms with Crippen LogP contribution in [0.3, 0.4) is 0 Å². The van der Waals surface area contributed by atoms with Gasteiger partial charge in [-0.15, -0.1) is 5.10 Å². The maximum atomic E-state index is 12.8. The number of rotatable bonds is 4. The fourth-order valence-electron chi connectivity index (χ4n) is 2.37. The van der Waals surface area contributed by atoms with E-state index in [9.17, 15) is 13.2 Å². The van der Waals surface area contributed by atoms with Gasteiger partial charge in [0, 0.05) is 11.9 Å². The molecule has 9 nitrogen and oxygen atoms in total. The third-order valence-electron chi connectivity index (χ3n) is 3.95. The monoisotopic (exact) mass is 375 g/mol. The second-order valence-corrected chi connectivity index (χ2v) is 7.31. The van der Waals surface area contributed by atoms with E-state index in [0.29, 0.717) is 11.3 Å². The van der Waals surface area contributed by atoms with Gasteiger partial charge >= 0.3 is 5.97 Å². The Hall–Kier alpha value is -3.01. The summed E-state index contributed by atoms with van der Waals surface area (Å²) >= 11 is 0. The van der Waals surface area contributed by atoms with Crippen LogP contribution in [0.25, 0.3) is 5.78 Å². The van der Waals surface area contributed by atoms with Crippen LogP contribution in [0.15, 0.2) is 29.6 Å². The van der Waals surface area contributed by atoms with Gasteiger partial charge in [0.1, 0.15) is 0 Å². The minimum atomic E-state index is -4.13. The molecular weight excluding hydrogens is 358 g/mol. The van der Waals surface area contributed by atoms with E-state index < -0.39 is 21.1 Å². The first-order valence-corrected chi connectivity index (χ1v) is 9.12. The predicted molar refractivity (Wildman–Crippen MR) is 93.6 cm³/mol. The Morgan fingerprint density at radius 3 is 2.58 bits per heavy atom. The topological polar surface area (TPSA) is 116 Å². The molecule has 0 saturated carbocycles. The van der Waals surface area contributed by atoms with E-state index in [1.807, 2.05) is 6.92 Å². The quantitative estimate of drug-likeness (QED) is 0.689. The molecule has 0 atom stereocenters. The fourth-order valence-corrected chi connectivity index (χ4v) is 3.39. The van der Waals surface area contributed by atoms with Crippen LogP contribution >= 0.6 is 0 Å². The van der Waals surface area contributed by atoms with E-state index in [4.69, 9.17) is 4.74 Å². The van der Waals surface area contributed by atoms with Gasteiger partial charge in [-0.1, -0.05) is 6.07 Å². The Morgan fingerprint density at radius 2 is 1.88 bits per heavy atom. The molecule has 10 heteroatoms. The van der Waals surface area contributed by atoms with Crippen molar-refractivity contribution in [2.24, 2.45) is 0 Å². The van der Waals surface area contributed by atoms with Gasteiger partial charge in [-0.25, -0.2) is 14.3 Å². The number of benzene rings is 1. The minimum Gasteiger partial charge on any atom is -0.465 e. The summed E-state index contributed by atoms with van der Waals surface area (Å²) in [6, 6.07) is 4.91. The van der Waals surface area contributed by atoms with Gasteiger partial charge in [0.2, 0.25) is 0 Å². The van der Waals surface area contributed by atoms with Crippen molar-refractivity contribution in [1.29, 1.82) is 0 Å². The molecule has 0 amide bonds. The van der Waals surface area contributed by atoms with Crippen molar-refractivity contribution in [3.05, 3.63) is 46.8 Å². The number of ether oxygens (including phenoxy) is 1. The molecule has 0 aliphatic rings. The third kappa shape index (κ3) is 3.10. The molecule has 1 N–H and O–H groups in total. The van der Waals surface area contributed by atoms with Gasteiger partial charge in [0.05, 0.1) is 18.4 Å². The summed E-state index contributed by atoms with van der Waals surface area (Å²) < 4.78 is 33.9. The van der Waals surface area contributed by atoms with Crippen molar-refractivity contribution in [1.82, 2.24) is 19.6 Å². The molecule has 1 aromatic carbocycles. The Kier molecular flexibility index (Phi) is 4.36. The second kappa shape index (κ2) is 6.37. The van der Waals surface area contributed by atoms with E-state index in [2.05, 4.69) is 19.8 Å². The van der Waals surface area contributed by atoms with Crippen molar-refractivity contribution in [2.45, 2.75) is 25.9 Å². The summed E-state index contributed by atoms with van der Waals surface area (Å²) in [4.78, 5) is 20.1. The summed E-state index contributed by atoms with van der Waals surface area (Å²) in [6.07, 6.45) is 1.57. The van der Waals surface area contributed by atoms with E-state index in [1.165, 1.54) is 17.7 Å². The molecule has 0 radical (unpaired) electrons. The number of hydrogen-bond acceptors (Lipinski definition) is 7. The molecule has 2 heterocycles. The number of esters is 1. The van der Waals surface area contributed by atoms with Crippen LogP contribution in [-0.2, 0) is 14.8 Å². The smallest absolute Gasteiger partial charge is 0.340 e. The molecule has 136 valence electrons. The van der Waals surface area contributed by atoms with E-state index in [0.717, 1.165) is 5.56 Å². The number of methoxy groups -OCH3 is 1. The van der Waals surface area contributed by atoms with Crippen LogP contribution in [0.2, 0.25) is 0 Å². The maximum Gasteiger partial charge on any atom is 0.340 e. The van der Waals surface area contributed by atoms with Crippen molar-refractivity contribution < 1.29 is 17.9 Å². The number of anilines is 1. The van der Waals surface area contributed by atoms with Gasteiger partial charge in [-0.3, -0.25) is 4.72 Å². The highest BCUT2D eigenvalue weighted by atomic mass is 32.2. The lowest BCUT2D eigenvalue weighted by molar-refractivity contribution is 0.0602. The molecule has 0 bridgehead atoms. The number of hydrogen-bond donors (Lipinski definition) is 1. The van der Waals surface area contributed by atoms with Gasteiger partial charge in [0.25, 0.3) is 21.0 Å². The van der Waals surface area contributed by atoms with E-state index in [-0.39, 0.29) is 17.0 Å². The molecular formula is C16H17N5O4S. The van der Waals surface area contributed by atoms with Gasteiger partial charge in [-0.2, -0.15) is 13.4 Å². The standard InChI is InChI=1S/C16H17N5O4S/c1-9-5-6-12(14(22)25-4)13(11(9)3)20-26(23,24)16-18-15-17-10(2)7-8-21(15)19-16/h5-8,20H,1-4H3. The highest BCUT2D eigenvalue weighted by molar-refractivity contribution is 7.92. The lowest BCUT2D eigenvalue weighted by atomic mass is 10.0. The molecule has 0 spiro atoms. The van der Waals surface area contributed by atoms with E-state index >= 15 is 0 Å². The second-order valence-electron chi connectivity index (χ2n) is 5.73. The van der Waals surface area contributed by atoms with Crippen molar-refractivity contribution in [3.63, 3.8) is 0 Å². The molecule has 0 saturated heterocycles. The van der Waals surface area contributed by atoms with Crippen LogP contribution in [0.1, 0.15) is 27.2 Å². The molecule has 2 aromatic heterocycles. The number of aryl methyl sites for hydroxylation is 2. The summed E-state index contributed by atoms with van der Waals surface area (Å²) in [7, 11) is -2.90. The SMILES string of the molecule is COC(=O)c1ccc(C)c(C)c1NS(=O)(=O)c1nc2nc(C)ccn2n1. The number of sulfonamides is 1. The Bertz CT molecular complexity index is 1120. The number of carbonyl (C=O) groups excluding carboxylic acids is 1. The Morgan fingerprint density at radius 1 is 1.15 bits per heavy atom. The zero-order chi connectivity index (χ0) is 19.1. The molecule has 0 unspecified atom stereocenters. The van der Waals surface area contributed by atoms with Crippen LogP contribution in [0.4, 0.5) is 5.69 Å². The summed E-state index contributed by atoms with van der Waals surface area (Å²) in [6.45, 7) is 5.28. The van der Waals surface area contributed by atoms with Crippen LogP contribution < -0.4 is 4.72 Å². The van der Waals surface area contributed by atoms with Crippen LogP contribution in [-0.4, -0.2) is 41.1 Å². The summed E-state index contributed by atoms with van der Waals surface area (Å²) in [5, 5.41) is 3.51. The average Bonchev–Trinajstić information content (AvgIpc) is 3.02. The first kappa shape index (κ1) is 17.8. The average molecular weight is 375 g/mol. The molecule has 0 fully saturated rings. The van der Waals surface area contributed by atoms with Crippen LogP contribution in [0, 0.1) is 20.8 Å². The zero-order valence-electron chi connectivity index (χ0n) is 14.6. The fraction of sp³-hybridized carbons (Fsp3) is 0.250. The largest absolute Gasteiger partial charge is 0.465 e. The lowest BCUT2D eigenvalue weighted by Gasteiger charge is -2.14. The first-order valence-electron chi connectivity index (χ1n) is 7.64.